The van der Waals surface area contributed by atoms with Gasteiger partial charge in [0.05, 0.1) is 0 Å². The molecule has 1 heterocycles. The fourth-order valence-corrected chi connectivity index (χ4v) is 2.88. The monoisotopic (exact) mass is 232 g/mol. The zero-order valence-electron chi connectivity index (χ0n) is 11.2. The van der Waals surface area contributed by atoms with Crippen molar-refractivity contribution in [2.75, 3.05) is 18.4 Å². The van der Waals surface area contributed by atoms with Crippen molar-refractivity contribution in [3.05, 3.63) is 30.3 Å². The minimum absolute atomic E-state index is 0.373. The largest absolute Gasteiger partial charge is 0.383 e. The highest BCUT2D eigenvalue weighted by atomic mass is 15.2. The smallest absolute Gasteiger partial charge is 0.0340 e. The number of benzene rings is 1. The van der Waals surface area contributed by atoms with E-state index in [4.69, 9.17) is 0 Å². The molecule has 0 spiro atoms. The van der Waals surface area contributed by atoms with Crippen molar-refractivity contribution >= 4 is 5.69 Å². The molecule has 1 saturated heterocycles. The Morgan fingerprint density at radius 3 is 2.59 bits per heavy atom. The number of nitrogens with zero attached hydrogens (tertiary/aromatic N) is 1. The van der Waals surface area contributed by atoms with Gasteiger partial charge in [0.15, 0.2) is 0 Å². The Morgan fingerprint density at radius 2 is 2.00 bits per heavy atom. The van der Waals surface area contributed by atoms with Crippen LogP contribution in [0.1, 0.15) is 33.6 Å². The number of anilines is 1. The zero-order valence-corrected chi connectivity index (χ0v) is 11.2. The van der Waals surface area contributed by atoms with Crippen LogP contribution in [-0.4, -0.2) is 29.6 Å². The predicted octanol–water partition coefficient (Wildman–Crippen LogP) is 3.36. The van der Waals surface area contributed by atoms with E-state index >= 15 is 0 Å². The Labute approximate surface area is 105 Å². The number of para-hydroxylation sites is 1. The first-order valence-corrected chi connectivity index (χ1v) is 6.65. The summed E-state index contributed by atoms with van der Waals surface area (Å²) < 4.78 is 0. The molecule has 0 amide bonds. The first kappa shape index (κ1) is 12.4. The quantitative estimate of drug-likeness (QED) is 0.856. The van der Waals surface area contributed by atoms with E-state index in [-0.39, 0.29) is 0 Å². The summed E-state index contributed by atoms with van der Waals surface area (Å²) in [5.74, 6) is 0. The molecule has 94 valence electrons. The van der Waals surface area contributed by atoms with Gasteiger partial charge in [0.25, 0.3) is 0 Å². The molecular weight excluding hydrogens is 208 g/mol. The summed E-state index contributed by atoms with van der Waals surface area (Å²) >= 11 is 0. The van der Waals surface area contributed by atoms with Gasteiger partial charge in [-0.25, -0.2) is 0 Å². The number of hydrogen-bond acceptors (Lipinski definition) is 2. The second-order valence-electron chi connectivity index (χ2n) is 5.71. The molecule has 2 rings (SSSR count). The summed E-state index contributed by atoms with van der Waals surface area (Å²) in [6.45, 7) is 9.30. The number of likely N-dealkylation sites (tertiary alicyclic amines) is 1. The molecule has 0 radical (unpaired) electrons. The zero-order chi connectivity index (χ0) is 12.3. The standard InChI is InChI=1S/C15H24N2/c1-13(17-11-7-10-15(17,2)3)12-16-14-8-5-4-6-9-14/h4-6,8-9,13,16H,7,10-12H2,1-3H3. The summed E-state index contributed by atoms with van der Waals surface area (Å²) in [7, 11) is 0. The first-order chi connectivity index (χ1) is 8.09. The minimum Gasteiger partial charge on any atom is -0.383 e. The van der Waals surface area contributed by atoms with Crippen LogP contribution in [0.3, 0.4) is 0 Å². The molecule has 2 heteroatoms. The third-order valence-electron chi connectivity index (χ3n) is 3.87. The molecule has 1 aliphatic rings. The van der Waals surface area contributed by atoms with Crippen LogP contribution in [-0.2, 0) is 0 Å². The maximum Gasteiger partial charge on any atom is 0.0340 e. The lowest BCUT2D eigenvalue weighted by molar-refractivity contribution is 0.131. The van der Waals surface area contributed by atoms with Crippen molar-refractivity contribution in [1.82, 2.24) is 4.90 Å². The summed E-state index contributed by atoms with van der Waals surface area (Å²) in [5, 5.41) is 3.52. The van der Waals surface area contributed by atoms with Crippen molar-refractivity contribution in [2.24, 2.45) is 0 Å². The van der Waals surface area contributed by atoms with Crippen LogP contribution in [0.5, 0.6) is 0 Å². The van der Waals surface area contributed by atoms with Crippen LogP contribution in [0.2, 0.25) is 0 Å². The van der Waals surface area contributed by atoms with Crippen molar-refractivity contribution < 1.29 is 0 Å². The summed E-state index contributed by atoms with van der Waals surface area (Å²) in [5.41, 5.74) is 1.59. The van der Waals surface area contributed by atoms with Gasteiger partial charge in [0.1, 0.15) is 0 Å². The van der Waals surface area contributed by atoms with Gasteiger partial charge in [0.2, 0.25) is 0 Å². The highest BCUT2D eigenvalue weighted by Gasteiger charge is 2.34. The van der Waals surface area contributed by atoms with E-state index in [2.05, 4.69) is 61.3 Å². The van der Waals surface area contributed by atoms with Gasteiger partial charge < -0.3 is 5.32 Å². The van der Waals surface area contributed by atoms with E-state index in [0.29, 0.717) is 11.6 Å². The van der Waals surface area contributed by atoms with Gasteiger partial charge in [-0.3, -0.25) is 4.90 Å². The lowest BCUT2D eigenvalue weighted by atomic mass is 10.0. The summed E-state index contributed by atoms with van der Waals surface area (Å²) in [6.07, 6.45) is 2.66. The molecule has 1 N–H and O–H groups in total. The normalized spacial score (nSPS) is 21.4. The summed E-state index contributed by atoms with van der Waals surface area (Å²) in [4.78, 5) is 2.63. The molecule has 1 aliphatic heterocycles. The topological polar surface area (TPSA) is 15.3 Å². The van der Waals surface area contributed by atoms with Crippen molar-refractivity contribution in [2.45, 2.75) is 45.2 Å². The van der Waals surface area contributed by atoms with Crippen molar-refractivity contribution in [3.63, 3.8) is 0 Å². The van der Waals surface area contributed by atoms with E-state index < -0.39 is 0 Å². The van der Waals surface area contributed by atoms with Gasteiger partial charge in [-0.15, -0.1) is 0 Å². The molecule has 0 bridgehead atoms. The Kier molecular flexibility index (Phi) is 3.72. The van der Waals surface area contributed by atoms with Gasteiger partial charge in [-0.2, -0.15) is 0 Å². The molecule has 1 unspecified atom stereocenters. The van der Waals surface area contributed by atoms with Gasteiger partial charge in [-0.1, -0.05) is 18.2 Å². The fraction of sp³-hybridized carbons (Fsp3) is 0.600. The molecule has 1 atom stereocenters. The van der Waals surface area contributed by atoms with Gasteiger partial charge in [-0.05, 0) is 52.3 Å². The highest BCUT2D eigenvalue weighted by Crippen LogP contribution is 2.30. The maximum absolute atomic E-state index is 3.52. The number of hydrogen-bond donors (Lipinski definition) is 1. The van der Waals surface area contributed by atoms with E-state index in [9.17, 15) is 0 Å². The number of nitrogens with one attached hydrogen (secondary N) is 1. The van der Waals surface area contributed by atoms with Crippen LogP contribution >= 0.6 is 0 Å². The average Bonchev–Trinajstić information content (AvgIpc) is 2.67. The maximum atomic E-state index is 3.52. The molecular formula is C15H24N2. The molecule has 0 aliphatic carbocycles. The van der Waals surface area contributed by atoms with E-state index in [1.807, 2.05) is 0 Å². The molecule has 1 fully saturated rings. The van der Waals surface area contributed by atoms with E-state index in [1.54, 1.807) is 0 Å². The van der Waals surface area contributed by atoms with Crippen LogP contribution in [0, 0.1) is 0 Å². The molecule has 1 aromatic rings. The van der Waals surface area contributed by atoms with Crippen LogP contribution in [0.15, 0.2) is 30.3 Å². The molecule has 2 nitrogen and oxygen atoms in total. The number of rotatable bonds is 4. The lowest BCUT2D eigenvalue weighted by Crippen LogP contribution is -2.46. The van der Waals surface area contributed by atoms with Crippen LogP contribution < -0.4 is 5.32 Å². The Morgan fingerprint density at radius 1 is 1.29 bits per heavy atom. The fourth-order valence-electron chi connectivity index (χ4n) is 2.88. The van der Waals surface area contributed by atoms with E-state index in [1.165, 1.54) is 25.1 Å². The Bertz CT molecular complexity index is 345. The predicted molar refractivity (Wildman–Crippen MR) is 74.4 cm³/mol. The minimum atomic E-state index is 0.373. The van der Waals surface area contributed by atoms with Crippen molar-refractivity contribution in [3.8, 4) is 0 Å². The van der Waals surface area contributed by atoms with Crippen molar-refractivity contribution in [1.29, 1.82) is 0 Å². The molecule has 17 heavy (non-hydrogen) atoms. The second-order valence-corrected chi connectivity index (χ2v) is 5.71. The molecule has 0 saturated carbocycles. The average molecular weight is 232 g/mol. The van der Waals surface area contributed by atoms with Crippen LogP contribution in [0.4, 0.5) is 5.69 Å². The SMILES string of the molecule is CC(CNc1ccccc1)N1CCCC1(C)C. The molecule has 0 aromatic heterocycles. The summed E-state index contributed by atoms with van der Waals surface area (Å²) in [6, 6.07) is 11.1. The second kappa shape index (κ2) is 5.09. The van der Waals surface area contributed by atoms with Gasteiger partial charge in [0, 0.05) is 23.8 Å². The first-order valence-electron chi connectivity index (χ1n) is 6.65. The van der Waals surface area contributed by atoms with Crippen LogP contribution in [0.25, 0.3) is 0 Å². The lowest BCUT2D eigenvalue weighted by Gasteiger charge is -2.36. The Balaban J connectivity index is 1.87. The molecule has 1 aromatic carbocycles. The van der Waals surface area contributed by atoms with E-state index in [0.717, 1.165) is 6.54 Å². The third-order valence-corrected chi connectivity index (χ3v) is 3.87. The van der Waals surface area contributed by atoms with Gasteiger partial charge >= 0.3 is 0 Å². The third kappa shape index (κ3) is 3.01. The Hall–Kier alpha value is -1.02. The highest BCUT2D eigenvalue weighted by molar-refractivity contribution is 5.42.